The molecule has 0 radical (unpaired) electrons. The van der Waals surface area contributed by atoms with Gasteiger partial charge in [0.25, 0.3) is 0 Å². The minimum atomic E-state index is -0.429. The Morgan fingerprint density at radius 1 is 1.53 bits per heavy atom. The van der Waals surface area contributed by atoms with Gasteiger partial charge in [0, 0.05) is 26.7 Å². The van der Waals surface area contributed by atoms with Gasteiger partial charge in [0.1, 0.15) is 5.82 Å². The maximum atomic E-state index is 11.0. The lowest BCUT2D eigenvalue weighted by atomic mass is 10.3. The van der Waals surface area contributed by atoms with Crippen LogP contribution in [0.1, 0.15) is 13.8 Å². The van der Waals surface area contributed by atoms with E-state index >= 15 is 0 Å². The lowest BCUT2D eigenvalue weighted by Crippen LogP contribution is -2.25. The van der Waals surface area contributed by atoms with Gasteiger partial charge in [-0.2, -0.15) is 0 Å². The van der Waals surface area contributed by atoms with Gasteiger partial charge in [-0.25, -0.2) is 4.98 Å². The summed E-state index contributed by atoms with van der Waals surface area (Å²) in [6.45, 7) is 4.93. The molecule has 0 saturated heterocycles. The third-order valence-electron chi connectivity index (χ3n) is 2.55. The normalized spacial score (nSPS) is 10.6. The summed E-state index contributed by atoms with van der Waals surface area (Å²) in [4.78, 5) is 16.5. The molecule has 0 atom stereocenters. The molecule has 1 aromatic heterocycles. The van der Waals surface area contributed by atoms with E-state index in [4.69, 9.17) is 4.74 Å². The predicted molar refractivity (Wildman–Crippen MR) is 74.8 cm³/mol. The van der Waals surface area contributed by atoms with Gasteiger partial charge >= 0.3 is 5.69 Å². The smallest absolute Gasteiger partial charge is 0.311 e. The van der Waals surface area contributed by atoms with Gasteiger partial charge in [-0.1, -0.05) is 0 Å². The topological polar surface area (TPSA) is 80.5 Å². The summed E-state index contributed by atoms with van der Waals surface area (Å²) in [5, 5.41) is 13.9. The zero-order valence-electron chi connectivity index (χ0n) is 11.7. The average molecular weight is 268 g/mol. The second-order valence-electron chi connectivity index (χ2n) is 4.39. The number of hydrogen-bond acceptors (Lipinski definition) is 6. The molecule has 1 N–H and O–H groups in total. The molecule has 0 aliphatic heterocycles. The maximum Gasteiger partial charge on any atom is 0.311 e. The van der Waals surface area contributed by atoms with Gasteiger partial charge in [0.2, 0.25) is 5.82 Å². The van der Waals surface area contributed by atoms with E-state index in [9.17, 15) is 10.1 Å². The highest BCUT2D eigenvalue weighted by atomic mass is 16.6. The van der Waals surface area contributed by atoms with Gasteiger partial charge in [-0.05, 0) is 19.9 Å². The molecule has 7 heteroatoms. The van der Waals surface area contributed by atoms with Crippen molar-refractivity contribution in [3.05, 3.63) is 22.2 Å². The fourth-order valence-corrected chi connectivity index (χ4v) is 1.53. The van der Waals surface area contributed by atoms with E-state index in [-0.39, 0.29) is 11.8 Å². The van der Waals surface area contributed by atoms with Crippen molar-refractivity contribution in [2.45, 2.75) is 20.0 Å². The lowest BCUT2D eigenvalue weighted by molar-refractivity contribution is -0.384. The summed E-state index contributed by atoms with van der Waals surface area (Å²) >= 11 is 0. The van der Waals surface area contributed by atoms with E-state index in [0.717, 1.165) is 0 Å². The summed E-state index contributed by atoms with van der Waals surface area (Å²) in [5.74, 6) is 0.932. The van der Waals surface area contributed by atoms with Gasteiger partial charge in [-0.3, -0.25) is 10.1 Å². The fourth-order valence-electron chi connectivity index (χ4n) is 1.53. The first-order valence-electron chi connectivity index (χ1n) is 6.11. The van der Waals surface area contributed by atoms with E-state index in [0.29, 0.717) is 24.8 Å². The first kappa shape index (κ1) is 15.2. The van der Waals surface area contributed by atoms with E-state index < -0.39 is 4.92 Å². The van der Waals surface area contributed by atoms with Gasteiger partial charge < -0.3 is 15.0 Å². The van der Waals surface area contributed by atoms with Crippen molar-refractivity contribution in [2.24, 2.45) is 0 Å². The van der Waals surface area contributed by atoms with E-state index in [1.807, 2.05) is 13.8 Å². The quantitative estimate of drug-likeness (QED) is 0.601. The Kier molecular flexibility index (Phi) is 5.50. The summed E-state index contributed by atoms with van der Waals surface area (Å²) < 4.78 is 5.44. The molecule has 19 heavy (non-hydrogen) atoms. The Hall–Kier alpha value is -1.89. The molecule has 1 heterocycles. The molecule has 0 unspecified atom stereocenters. The number of nitro groups is 1. The molecule has 0 aliphatic rings. The van der Waals surface area contributed by atoms with Crippen LogP contribution >= 0.6 is 0 Å². The van der Waals surface area contributed by atoms with Crippen LogP contribution in [0.5, 0.6) is 0 Å². The van der Waals surface area contributed by atoms with Crippen LogP contribution in [0.25, 0.3) is 0 Å². The molecule has 0 saturated carbocycles. The van der Waals surface area contributed by atoms with Crippen LogP contribution in [-0.2, 0) is 4.74 Å². The Balaban J connectivity index is 2.86. The highest BCUT2D eigenvalue weighted by molar-refractivity contribution is 5.61. The third-order valence-corrected chi connectivity index (χ3v) is 2.55. The Morgan fingerprint density at radius 3 is 2.74 bits per heavy atom. The minimum Gasteiger partial charge on any atom is -0.377 e. The Labute approximate surface area is 112 Å². The first-order chi connectivity index (χ1) is 8.95. The number of likely N-dealkylation sites (N-methyl/N-ethyl adjacent to an activating group) is 1. The first-order valence-corrected chi connectivity index (χ1v) is 6.11. The molecule has 1 rings (SSSR count). The molecule has 1 aromatic rings. The van der Waals surface area contributed by atoms with Crippen LogP contribution in [0.15, 0.2) is 12.1 Å². The third kappa shape index (κ3) is 4.36. The molecule has 7 nitrogen and oxygen atoms in total. The number of pyridine rings is 1. The molecule has 0 amide bonds. The lowest BCUT2D eigenvalue weighted by Gasteiger charge is -2.19. The highest BCUT2D eigenvalue weighted by Gasteiger charge is 2.19. The molecule has 0 spiro atoms. The highest BCUT2D eigenvalue weighted by Crippen LogP contribution is 2.26. The second kappa shape index (κ2) is 6.89. The second-order valence-corrected chi connectivity index (χ2v) is 4.39. The zero-order valence-corrected chi connectivity index (χ0v) is 11.7. The molecule has 106 valence electrons. The van der Waals surface area contributed by atoms with Crippen molar-refractivity contribution in [1.82, 2.24) is 4.98 Å². The van der Waals surface area contributed by atoms with Crippen molar-refractivity contribution in [1.29, 1.82) is 0 Å². The van der Waals surface area contributed by atoms with Crippen LogP contribution < -0.4 is 10.2 Å². The minimum absolute atomic E-state index is 0.00829. The van der Waals surface area contributed by atoms with Gasteiger partial charge in [0.15, 0.2) is 0 Å². The van der Waals surface area contributed by atoms with E-state index in [2.05, 4.69) is 10.3 Å². The largest absolute Gasteiger partial charge is 0.377 e. The van der Waals surface area contributed by atoms with Crippen LogP contribution in [0.4, 0.5) is 17.3 Å². The summed E-state index contributed by atoms with van der Waals surface area (Å²) in [6.07, 6.45) is 0.139. The van der Waals surface area contributed by atoms with Crippen molar-refractivity contribution in [2.75, 3.05) is 37.5 Å². The molecular weight excluding hydrogens is 248 g/mol. The molecule has 0 aliphatic carbocycles. The predicted octanol–water partition coefficient (Wildman–Crippen LogP) is 1.89. The number of hydrogen-bond donors (Lipinski definition) is 1. The number of aromatic nitrogens is 1. The number of rotatable bonds is 7. The van der Waals surface area contributed by atoms with Crippen molar-refractivity contribution >= 4 is 17.3 Å². The summed E-state index contributed by atoms with van der Waals surface area (Å²) in [7, 11) is 3.48. The zero-order chi connectivity index (χ0) is 14.4. The van der Waals surface area contributed by atoms with E-state index in [1.54, 1.807) is 25.1 Å². The molecule has 0 fully saturated rings. The fraction of sp³-hybridized carbons (Fsp3) is 0.583. The van der Waals surface area contributed by atoms with Crippen molar-refractivity contribution in [3.63, 3.8) is 0 Å². The van der Waals surface area contributed by atoms with Crippen LogP contribution in [0.3, 0.4) is 0 Å². The van der Waals surface area contributed by atoms with Gasteiger partial charge in [0.05, 0.1) is 17.6 Å². The number of anilines is 2. The number of nitrogens with one attached hydrogen (secondary N) is 1. The monoisotopic (exact) mass is 268 g/mol. The Bertz CT molecular complexity index is 437. The molecular formula is C12H20N4O3. The van der Waals surface area contributed by atoms with Crippen molar-refractivity contribution < 1.29 is 9.66 Å². The Morgan fingerprint density at radius 2 is 2.21 bits per heavy atom. The van der Waals surface area contributed by atoms with Crippen LogP contribution in [0.2, 0.25) is 0 Å². The van der Waals surface area contributed by atoms with Crippen molar-refractivity contribution in [3.8, 4) is 0 Å². The standard InChI is InChI=1S/C12H20N4O3/c1-9(2)19-8-7-15(4)12-10(16(17)18)5-6-11(13-3)14-12/h5-6,9H,7-8H2,1-4H3,(H,13,14). The number of ether oxygens (including phenoxy) is 1. The summed E-state index contributed by atoms with van der Waals surface area (Å²) in [6, 6.07) is 3.04. The number of nitrogens with zero attached hydrogens (tertiary/aromatic N) is 3. The van der Waals surface area contributed by atoms with Crippen LogP contribution in [-0.4, -0.2) is 43.3 Å². The van der Waals surface area contributed by atoms with Gasteiger partial charge in [-0.15, -0.1) is 0 Å². The maximum absolute atomic E-state index is 11.0. The van der Waals surface area contributed by atoms with E-state index in [1.165, 1.54) is 6.07 Å². The molecule has 0 aromatic carbocycles. The molecule has 0 bridgehead atoms. The average Bonchev–Trinajstić information content (AvgIpc) is 2.37. The SMILES string of the molecule is CNc1ccc([N+](=O)[O-])c(N(C)CCOC(C)C)n1. The van der Waals surface area contributed by atoms with Crippen LogP contribution in [0, 0.1) is 10.1 Å². The summed E-state index contributed by atoms with van der Waals surface area (Å²) in [5.41, 5.74) is -0.00829.